The maximum atomic E-state index is 11.8. The molecule has 0 radical (unpaired) electrons. The van der Waals surface area contributed by atoms with Crippen LogP contribution in [0.15, 0.2) is 18.2 Å². The highest BCUT2D eigenvalue weighted by molar-refractivity contribution is 7.15. The van der Waals surface area contributed by atoms with Crippen LogP contribution in [-0.4, -0.2) is 36.9 Å². The molecule has 1 aromatic heterocycles. The predicted molar refractivity (Wildman–Crippen MR) is 81.3 cm³/mol. The lowest BCUT2D eigenvalue weighted by atomic mass is 10.2. The SMILES string of the molecule is COc1ccc(NCC(=O)Nc2nnc(C)s2)cc1OC. The number of rotatable bonds is 6. The first-order valence-electron chi connectivity index (χ1n) is 6.18. The first-order chi connectivity index (χ1) is 10.1. The Balaban J connectivity index is 1.91. The molecule has 112 valence electrons. The zero-order valence-electron chi connectivity index (χ0n) is 12.0. The van der Waals surface area contributed by atoms with E-state index in [-0.39, 0.29) is 12.5 Å². The summed E-state index contributed by atoms with van der Waals surface area (Å²) < 4.78 is 10.4. The Bertz CT molecular complexity index is 630. The number of amides is 1. The number of anilines is 2. The Hall–Kier alpha value is -2.35. The number of nitrogens with one attached hydrogen (secondary N) is 2. The number of aromatic nitrogens is 2. The van der Waals surface area contributed by atoms with Crippen molar-refractivity contribution in [1.82, 2.24) is 10.2 Å². The van der Waals surface area contributed by atoms with Crippen molar-refractivity contribution >= 4 is 28.1 Å². The molecule has 0 unspecified atom stereocenters. The molecule has 2 aromatic rings. The van der Waals surface area contributed by atoms with Crippen LogP contribution in [0.1, 0.15) is 5.01 Å². The van der Waals surface area contributed by atoms with Crippen molar-refractivity contribution in [2.75, 3.05) is 31.4 Å². The summed E-state index contributed by atoms with van der Waals surface area (Å²) in [7, 11) is 3.13. The highest BCUT2D eigenvalue weighted by Gasteiger charge is 2.08. The fourth-order valence-electron chi connectivity index (χ4n) is 1.64. The summed E-state index contributed by atoms with van der Waals surface area (Å²) in [6, 6.07) is 5.35. The smallest absolute Gasteiger partial charge is 0.245 e. The van der Waals surface area contributed by atoms with Crippen LogP contribution in [-0.2, 0) is 4.79 Å². The zero-order valence-corrected chi connectivity index (χ0v) is 12.8. The van der Waals surface area contributed by atoms with Gasteiger partial charge in [0.2, 0.25) is 11.0 Å². The van der Waals surface area contributed by atoms with Crippen molar-refractivity contribution in [2.24, 2.45) is 0 Å². The monoisotopic (exact) mass is 308 g/mol. The fraction of sp³-hybridized carbons (Fsp3) is 0.308. The number of benzene rings is 1. The van der Waals surface area contributed by atoms with Crippen molar-refractivity contribution in [3.8, 4) is 11.5 Å². The molecule has 0 bridgehead atoms. The molecule has 8 heteroatoms. The topological polar surface area (TPSA) is 85.4 Å². The third-order valence-electron chi connectivity index (χ3n) is 2.61. The minimum absolute atomic E-state index is 0.119. The van der Waals surface area contributed by atoms with Crippen LogP contribution in [0.25, 0.3) is 0 Å². The van der Waals surface area contributed by atoms with Crippen LogP contribution in [0.5, 0.6) is 11.5 Å². The molecule has 21 heavy (non-hydrogen) atoms. The van der Waals surface area contributed by atoms with E-state index in [0.29, 0.717) is 16.6 Å². The lowest BCUT2D eigenvalue weighted by molar-refractivity contribution is -0.114. The summed E-state index contributed by atoms with van der Waals surface area (Å²) in [6.45, 7) is 1.95. The minimum atomic E-state index is -0.194. The average molecular weight is 308 g/mol. The van der Waals surface area contributed by atoms with Gasteiger partial charge in [-0.1, -0.05) is 11.3 Å². The van der Waals surface area contributed by atoms with E-state index in [0.717, 1.165) is 10.7 Å². The average Bonchev–Trinajstić information content (AvgIpc) is 2.89. The molecule has 2 rings (SSSR count). The summed E-state index contributed by atoms with van der Waals surface area (Å²) in [4.78, 5) is 11.8. The molecule has 0 aliphatic carbocycles. The van der Waals surface area contributed by atoms with Crippen molar-refractivity contribution < 1.29 is 14.3 Å². The molecule has 1 amide bonds. The van der Waals surface area contributed by atoms with Crippen LogP contribution in [0.2, 0.25) is 0 Å². The Morgan fingerprint density at radius 1 is 1.24 bits per heavy atom. The van der Waals surface area contributed by atoms with Gasteiger partial charge in [0.15, 0.2) is 11.5 Å². The molecule has 7 nitrogen and oxygen atoms in total. The lowest BCUT2D eigenvalue weighted by Gasteiger charge is -2.10. The molecule has 0 saturated heterocycles. The van der Waals surface area contributed by atoms with E-state index in [1.807, 2.05) is 13.0 Å². The van der Waals surface area contributed by atoms with E-state index in [2.05, 4.69) is 20.8 Å². The quantitative estimate of drug-likeness (QED) is 0.848. The summed E-state index contributed by atoms with van der Waals surface area (Å²) >= 11 is 1.33. The van der Waals surface area contributed by atoms with Gasteiger partial charge in [0.1, 0.15) is 5.01 Å². The van der Waals surface area contributed by atoms with Gasteiger partial charge < -0.3 is 14.8 Å². The van der Waals surface area contributed by atoms with Gasteiger partial charge in [-0.2, -0.15) is 0 Å². The number of hydrogen-bond donors (Lipinski definition) is 2. The number of aryl methyl sites for hydroxylation is 1. The molecule has 1 heterocycles. The van der Waals surface area contributed by atoms with E-state index in [4.69, 9.17) is 9.47 Å². The van der Waals surface area contributed by atoms with E-state index in [9.17, 15) is 4.79 Å². The molecule has 0 saturated carbocycles. The van der Waals surface area contributed by atoms with Gasteiger partial charge in [-0.05, 0) is 19.1 Å². The summed E-state index contributed by atoms with van der Waals surface area (Å²) in [5, 5.41) is 14.6. The van der Waals surface area contributed by atoms with E-state index in [1.54, 1.807) is 26.4 Å². The van der Waals surface area contributed by atoms with E-state index in [1.165, 1.54) is 11.3 Å². The summed E-state index contributed by atoms with van der Waals surface area (Å²) in [6.07, 6.45) is 0. The van der Waals surface area contributed by atoms with Gasteiger partial charge in [0.25, 0.3) is 0 Å². The van der Waals surface area contributed by atoms with Crippen LogP contribution in [0, 0.1) is 6.92 Å². The number of ether oxygens (including phenoxy) is 2. The summed E-state index contributed by atoms with van der Waals surface area (Å²) in [5.74, 6) is 1.04. The minimum Gasteiger partial charge on any atom is -0.493 e. The number of nitrogens with zero attached hydrogens (tertiary/aromatic N) is 2. The highest BCUT2D eigenvalue weighted by atomic mass is 32.1. The van der Waals surface area contributed by atoms with Crippen LogP contribution in [0.3, 0.4) is 0 Å². The number of methoxy groups -OCH3 is 2. The first kappa shape index (κ1) is 15.0. The van der Waals surface area contributed by atoms with Crippen molar-refractivity contribution in [3.63, 3.8) is 0 Å². The van der Waals surface area contributed by atoms with Crippen molar-refractivity contribution in [3.05, 3.63) is 23.2 Å². The second-order valence-corrected chi connectivity index (χ2v) is 5.28. The Kier molecular flexibility index (Phi) is 4.94. The standard InChI is InChI=1S/C13H16N4O3S/c1-8-16-17-13(21-8)15-12(18)7-14-9-4-5-10(19-2)11(6-9)20-3/h4-6,14H,7H2,1-3H3,(H,15,17,18). The number of carbonyl (C=O) groups excluding carboxylic acids is 1. The van der Waals surface area contributed by atoms with Gasteiger partial charge in [-0.15, -0.1) is 10.2 Å². The lowest BCUT2D eigenvalue weighted by Crippen LogP contribution is -2.21. The highest BCUT2D eigenvalue weighted by Crippen LogP contribution is 2.29. The maximum Gasteiger partial charge on any atom is 0.245 e. The molecular weight excluding hydrogens is 292 g/mol. The second kappa shape index (κ2) is 6.89. The Morgan fingerprint density at radius 2 is 2.00 bits per heavy atom. The third-order valence-corrected chi connectivity index (χ3v) is 3.36. The zero-order chi connectivity index (χ0) is 15.2. The van der Waals surface area contributed by atoms with Crippen molar-refractivity contribution in [2.45, 2.75) is 6.92 Å². The fourth-order valence-corrected chi connectivity index (χ4v) is 2.25. The third kappa shape index (κ3) is 4.06. The van der Waals surface area contributed by atoms with Gasteiger partial charge in [-0.25, -0.2) is 0 Å². The second-order valence-electron chi connectivity index (χ2n) is 4.10. The van der Waals surface area contributed by atoms with E-state index < -0.39 is 0 Å². The van der Waals surface area contributed by atoms with Gasteiger partial charge in [0, 0.05) is 11.8 Å². The van der Waals surface area contributed by atoms with Crippen LogP contribution < -0.4 is 20.1 Å². The van der Waals surface area contributed by atoms with E-state index >= 15 is 0 Å². The number of carbonyl (C=O) groups is 1. The number of hydrogen-bond acceptors (Lipinski definition) is 7. The normalized spacial score (nSPS) is 10.0. The molecule has 1 aromatic carbocycles. The van der Waals surface area contributed by atoms with Gasteiger partial charge >= 0.3 is 0 Å². The molecule has 0 aliphatic rings. The molecule has 2 N–H and O–H groups in total. The Morgan fingerprint density at radius 3 is 2.62 bits per heavy atom. The summed E-state index contributed by atoms with van der Waals surface area (Å²) in [5.41, 5.74) is 0.760. The largest absolute Gasteiger partial charge is 0.493 e. The predicted octanol–water partition coefficient (Wildman–Crippen LogP) is 1.91. The van der Waals surface area contributed by atoms with Crippen LogP contribution in [0.4, 0.5) is 10.8 Å². The molecule has 0 atom stereocenters. The van der Waals surface area contributed by atoms with Gasteiger partial charge in [-0.3, -0.25) is 10.1 Å². The maximum absolute atomic E-state index is 11.8. The van der Waals surface area contributed by atoms with Gasteiger partial charge in [0.05, 0.1) is 20.8 Å². The van der Waals surface area contributed by atoms with Crippen molar-refractivity contribution in [1.29, 1.82) is 0 Å². The first-order valence-corrected chi connectivity index (χ1v) is 7.00. The molecule has 0 spiro atoms. The van der Waals surface area contributed by atoms with Crippen LogP contribution >= 0.6 is 11.3 Å². The molecule has 0 aliphatic heterocycles. The Labute approximate surface area is 126 Å². The molecule has 0 fully saturated rings. The molecular formula is C13H16N4O3S.